The summed E-state index contributed by atoms with van der Waals surface area (Å²) in [5, 5.41) is 7.37. The summed E-state index contributed by atoms with van der Waals surface area (Å²) in [5.74, 6) is 0.274. The van der Waals surface area contributed by atoms with E-state index in [0.717, 1.165) is 21.3 Å². The Kier molecular flexibility index (Phi) is 4.87. The van der Waals surface area contributed by atoms with Crippen LogP contribution in [-0.2, 0) is 4.79 Å². The van der Waals surface area contributed by atoms with Crippen molar-refractivity contribution in [3.63, 3.8) is 0 Å². The van der Waals surface area contributed by atoms with E-state index in [0.29, 0.717) is 10.9 Å². The van der Waals surface area contributed by atoms with Gasteiger partial charge >= 0.3 is 0 Å². The summed E-state index contributed by atoms with van der Waals surface area (Å²) in [6.07, 6.45) is 0. The van der Waals surface area contributed by atoms with Gasteiger partial charge in [0.15, 0.2) is 9.47 Å². The molecule has 2 heterocycles. The molecule has 0 saturated carbocycles. The van der Waals surface area contributed by atoms with Crippen molar-refractivity contribution in [3.05, 3.63) is 46.8 Å². The van der Waals surface area contributed by atoms with Crippen LogP contribution in [0.15, 0.2) is 45.4 Å². The Morgan fingerprint density at radius 1 is 1.18 bits per heavy atom. The van der Waals surface area contributed by atoms with Crippen molar-refractivity contribution in [2.45, 2.75) is 11.3 Å². The van der Waals surface area contributed by atoms with Gasteiger partial charge in [-0.25, -0.2) is 9.97 Å². The Morgan fingerprint density at radius 3 is 2.73 bits per heavy atom. The van der Waals surface area contributed by atoms with Gasteiger partial charge in [0.25, 0.3) is 0 Å². The van der Waals surface area contributed by atoms with Crippen LogP contribution in [0.25, 0.3) is 11.3 Å². The molecule has 0 saturated heterocycles. The molecule has 7 heteroatoms. The summed E-state index contributed by atoms with van der Waals surface area (Å²) in [5.41, 5.74) is 2.96. The average molecular weight is 347 g/mol. The molecule has 0 spiro atoms. The van der Waals surface area contributed by atoms with E-state index in [1.165, 1.54) is 23.1 Å². The fraction of sp³-hybridized carbons (Fsp3) is 0.133. The second kappa shape index (κ2) is 7.04. The molecule has 0 aliphatic rings. The molecule has 0 bridgehead atoms. The van der Waals surface area contributed by atoms with E-state index >= 15 is 0 Å². The summed E-state index contributed by atoms with van der Waals surface area (Å²) < 4.78 is 0.893. The number of amides is 1. The Balaban J connectivity index is 1.56. The van der Waals surface area contributed by atoms with Crippen LogP contribution < -0.4 is 5.32 Å². The number of benzene rings is 1. The number of carbonyl (C=O) groups is 1. The normalized spacial score (nSPS) is 10.6. The van der Waals surface area contributed by atoms with Crippen LogP contribution in [0.5, 0.6) is 0 Å². The molecule has 0 unspecified atom stereocenters. The smallest absolute Gasteiger partial charge is 0.236 e. The van der Waals surface area contributed by atoms with E-state index in [-0.39, 0.29) is 5.91 Å². The number of thiazole rings is 2. The number of aromatic nitrogens is 2. The topological polar surface area (TPSA) is 54.9 Å². The standard InChI is InChI=1S/C15H13N3OS3/c1-10-7-20-14(16-10)18-13(19)9-22-15-17-12(8-21-15)11-5-3-2-4-6-11/h2-8H,9H2,1H3,(H,16,18,19). The van der Waals surface area contributed by atoms with Gasteiger partial charge in [0.05, 0.1) is 17.1 Å². The quantitative estimate of drug-likeness (QED) is 0.699. The second-order valence-corrected chi connectivity index (χ2v) is 7.43. The first kappa shape index (κ1) is 15.2. The largest absolute Gasteiger partial charge is 0.301 e. The van der Waals surface area contributed by atoms with E-state index in [1.807, 2.05) is 48.0 Å². The van der Waals surface area contributed by atoms with Crippen LogP contribution in [0.2, 0.25) is 0 Å². The van der Waals surface area contributed by atoms with Crippen LogP contribution in [-0.4, -0.2) is 21.6 Å². The third kappa shape index (κ3) is 3.94. The van der Waals surface area contributed by atoms with Crippen molar-refractivity contribution in [2.75, 3.05) is 11.1 Å². The highest BCUT2D eigenvalue weighted by Gasteiger charge is 2.09. The zero-order chi connectivity index (χ0) is 15.4. The van der Waals surface area contributed by atoms with Crippen LogP contribution in [0.3, 0.4) is 0 Å². The fourth-order valence-corrected chi connectivity index (χ4v) is 4.10. The third-order valence-electron chi connectivity index (χ3n) is 2.74. The predicted molar refractivity (Wildman–Crippen MR) is 93.8 cm³/mol. The van der Waals surface area contributed by atoms with Crippen molar-refractivity contribution in [3.8, 4) is 11.3 Å². The summed E-state index contributed by atoms with van der Waals surface area (Å²) in [6, 6.07) is 10.0. The molecule has 3 aromatic rings. The zero-order valence-corrected chi connectivity index (χ0v) is 14.2. The van der Waals surface area contributed by atoms with Gasteiger partial charge in [-0.3, -0.25) is 4.79 Å². The van der Waals surface area contributed by atoms with Crippen LogP contribution in [0.4, 0.5) is 5.13 Å². The monoisotopic (exact) mass is 347 g/mol. The fourth-order valence-electron chi connectivity index (χ4n) is 1.76. The van der Waals surface area contributed by atoms with E-state index < -0.39 is 0 Å². The first-order valence-electron chi connectivity index (χ1n) is 6.56. The Hall–Kier alpha value is -1.70. The Morgan fingerprint density at radius 2 is 2.00 bits per heavy atom. The molecule has 2 aromatic heterocycles. The molecule has 1 N–H and O–H groups in total. The number of hydrogen-bond acceptors (Lipinski definition) is 6. The molecule has 0 atom stereocenters. The molecule has 1 amide bonds. The number of rotatable bonds is 5. The molecule has 0 radical (unpaired) electrons. The van der Waals surface area contributed by atoms with Gasteiger partial charge in [-0.1, -0.05) is 42.1 Å². The first-order valence-corrected chi connectivity index (χ1v) is 9.31. The van der Waals surface area contributed by atoms with Gasteiger partial charge in [-0.15, -0.1) is 22.7 Å². The van der Waals surface area contributed by atoms with Crippen molar-refractivity contribution in [1.29, 1.82) is 0 Å². The highest BCUT2D eigenvalue weighted by molar-refractivity contribution is 8.01. The van der Waals surface area contributed by atoms with Crippen LogP contribution in [0, 0.1) is 6.92 Å². The number of aryl methyl sites for hydroxylation is 1. The second-order valence-electron chi connectivity index (χ2n) is 4.50. The van der Waals surface area contributed by atoms with Gasteiger partial charge in [0.2, 0.25) is 5.91 Å². The predicted octanol–water partition coefficient (Wildman–Crippen LogP) is 4.31. The molecule has 0 aliphatic heterocycles. The van der Waals surface area contributed by atoms with Crippen molar-refractivity contribution in [2.24, 2.45) is 0 Å². The van der Waals surface area contributed by atoms with Crippen LogP contribution >= 0.6 is 34.4 Å². The molecule has 0 aliphatic carbocycles. The minimum absolute atomic E-state index is 0.0594. The lowest BCUT2D eigenvalue weighted by Crippen LogP contribution is -2.13. The highest BCUT2D eigenvalue weighted by atomic mass is 32.2. The first-order chi connectivity index (χ1) is 10.7. The van der Waals surface area contributed by atoms with E-state index in [2.05, 4.69) is 15.3 Å². The number of thioether (sulfide) groups is 1. The number of hydrogen-bond donors (Lipinski definition) is 1. The van der Waals surface area contributed by atoms with Gasteiger partial charge in [0, 0.05) is 16.3 Å². The van der Waals surface area contributed by atoms with Crippen molar-refractivity contribution < 1.29 is 4.79 Å². The van der Waals surface area contributed by atoms with E-state index in [9.17, 15) is 4.79 Å². The van der Waals surface area contributed by atoms with Crippen molar-refractivity contribution in [1.82, 2.24) is 9.97 Å². The number of nitrogens with zero attached hydrogens (tertiary/aromatic N) is 2. The maximum absolute atomic E-state index is 11.9. The van der Waals surface area contributed by atoms with E-state index in [4.69, 9.17) is 0 Å². The average Bonchev–Trinajstić information content (AvgIpc) is 3.15. The molecular weight excluding hydrogens is 334 g/mol. The Bertz CT molecular complexity index is 767. The van der Waals surface area contributed by atoms with Gasteiger partial charge < -0.3 is 5.32 Å². The molecule has 1 aromatic carbocycles. The SMILES string of the molecule is Cc1csc(NC(=O)CSc2nc(-c3ccccc3)cs2)n1. The minimum Gasteiger partial charge on any atom is -0.301 e. The van der Waals surface area contributed by atoms with Crippen molar-refractivity contribution >= 4 is 45.5 Å². The molecular formula is C15H13N3OS3. The molecule has 4 nitrogen and oxygen atoms in total. The molecule has 0 fully saturated rings. The summed E-state index contributed by atoms with van der Waals surface area (Å²) in [6.45, 7) is 1.90. The highest BCUT2D eigenvalue weighted by Crippen LogP contribution is 2.28. The van der Waals surface area contributed by atoms with E-state index in [1.54, 1.807) is 11.3 Å². The lowest BCUT2D eigenvalue weighted by atomic mass is 10.2. The maximum atomic E-state index is 11.9. The molecule has 3 rings (SSSR count). The Labute approximate surface area is 140 Å². The molecule has 112 valence electrons. The summed E-state index contributed by atoms with van der Waals surface area (Å²) in [7, 11) is 0. The number of nitrogens with one attached hydrogen (secondary N) is 1. The van der Waals surface area contributed by atoms with Gasteiger partial charge in [-0.05, 0) is 6.92 Å². The van der Waals surface area contributed by atoms with Gasteiger partial charge in [0.1, 0.15) is 0 Å². The maximum Gasteiger partial charge on any atom is 0.236 e. The number of anilines is 1. The third-order valence-corrected chi connectivity index (χ3v) is 5.64. The molecule has 22 heavy (non-hydrogen) atoms. The zero-order valence-electron chi connectivity index (χ0n) is 11.8. The summed E-state index contributed by atoms with van der Waals surface area (Å²) in [4.78, 5) is 20.6. The lowest BCUT2D eigenvalue weighted by molar-refractivity contribution is -0.113. The number of carbonyl (C=O) groups excluding carboxylic acids is 1. The van der Waals surface area contributed by atoms with Gasteiger partial charge in [-0.2, -0.15) is 0 Å². The minimum atomic E-state index is -0.0594. The lowest BCUT2D eigenvalue weighted by Gasteiger charge is -1.99. The van der Waals surface area contributed by atoms with Crippen LogP contribution in [0.1, 0.15) is 5.69 Å². The summed E-state index contributed by atoms with van der Waals surface area (Å²) >= 11 is 4.43.